The van der Waals surface area contributed by atoms with Gasteiger partial charge in [-0.25, -0.2) is 13.2 Å². The number of carboxylic acids is 1. The molecule has 21 heavy (non-hydrogen) atoms. The van der Waals surface area contributed by atoms with Crippen molar-refractivity contribution in [3.63, 3.8) is 0 Å². The largest absolute Gasteiger partial charge is 0.478 e. The van der Waals surface area contributed by atoms with Gasteiger partial charge in [0.2, 0.25) is 0 Å². The van der Waals surface area contributed by atoms with Gasteiger partial charge in [-0.2, -0.15) is 5.10 Å². The summed E-state index contributed by atoms with van der Waals surface area (Å²) in [6, 6.07) is 5.55. The fourth-order valence-electron chi connectivity index (χ4n) is 1.78. The second-order valence-corrected chi connectivity index (χ2v) is 6.09. The Balaban J connectivity index is 2.52. The van der Waals surface area contributed by atoms with Crippen molar-refractivity contribution in [2.75, 3.05) is 4.72 Å². The van der Waals surface area contributed by atoms with E-state index in [1.165, 1.54) is 24.4 Å². The Hall–Kier alpha value is -2.48. The summed E-state index contributed by atoms with van der Waals surface area (Å²) in [6.07, 6.45) is 1.41. The molecule has 0 aliphatic carbocycles. The zero-order chi connectivity index (χ0) is 15.6. The highest BCUT2D eigenvalue weighted by molar-refractivity contribution is 7.92. The monoisotopic (exact) mass is 307 g/mol. The highest BCUT2D eigenvalue weighted by atomic mass is 32.2. The van der Waals surface area contributed by atoms with Crippen LogP contribution in [0.3, 0.4) is 0 Å². The summed E-state index contributed by atoms with van der Waals surface area (Å²) in [5, 5.41) is 16.3. The molecule has 2 aromatic rings. The van der Waals surface area contributed by atoms with Crippen molar-refractivity contribution in [3.8, 4) is 0 Å². The summed E-state index contributed by atoms with van der Waals surface area (Å²) in [7, 11) is -3.94. The average molecular weight is 307 g/mol. The lowest BCUT2D eigenvalue weighted by Gasteiger charge is -2.12. The summed E-state index contributed by atoms with van der Waals surface area (Å²) in [5.41, 5.74) is 0.975. The molecule has 2 N–H and O–H groups in total. The number of carbonyl (C=O) groups is 1. The molecule has 0 aliphatic rings. The number of nitrogens with one attached hydrogen (secondary N) is 1. The minimum Gasteiger partial charge on any atom is -0.478 e. The SMILES string of the molecule is Cc1cc(C(=O)O)cc(S(=O)(=O)Nc2cccnn2)c1C. The molecule has 0 aliphatic heterocycles. The van der Waals surface area contributed by atoms with Gasteiger partial charge in [-0.3, -0.25) is 4.72 Å². The van der Waals surface area contributed by atoms with Crippen LogP contribution < -0.4 is 4.72 Å². The van der Waals surface area contributed by atoms with Gasteiger partial charge in [-0.15, -0.1) is 5.10 Å². The molecule has 8 heteroatoms. The number of nitrogens with zero attached hydrogens (tertiary/aromatic N) is 2. The van der Waals surface area contributed by atoms with Crippen LogP contribution in [-0.2, 0) is 10.0 Å². The van der Waals surface area contributed by atoms with Crippen LogP contribution in [0.2, 0.25) is 0 Å². The second-order valence-electron chi connectivity index (χ2n) is 4.44. The van der Waals surface area contributed by atoms with E-state index in [0.29, 0.717) is 11.1 Å². The summed E-state index contributed by atoms with van der Waals surface area (Å²) in [4.78, 5) is 11.0. The van der Waals surface area contributed by atoms with Crippen molar-refractivity contribution < 1.29 is 18.3 Å². The minimum atomic E-state index is -3.94. The first kappa shape index (κ1) is 14.9. The number of hydrogen-bond donors (Lipinski definition) is 2. The number of sulfonamides is 1. The summed E-state index contributed by atoms with van der Waals surface area (Å²) >= 11 is 0. The average Bonchev–Trinajstić information content (AvgIpc) is 2.41. The molecule has 1 aromatic carbocycles. The first-order valence-electron chi connectivity index (χ1n) is 5.96. The first-order chi connectivity index (χ1) is 9.81. The number of hydrogen-bond acceptors (Lipinski definition) is 5. The lowest BCUT2D eigenvalue weighted by molar-refractivity contribution is 0.0696. The van der Waals surface area contributed by atoms with Gasteiger partial charge in [0.05, 0.1) is 10.5 Å². The Bertz CT molecular complexity index is 789. The Labute approximate surface area is 121 Å². The number of rotatable bonds is 4. The third kappa shape index (κ3) is 3.16. The molecule has 0 radical (unpaired) electrons. The Morgan fingerprint density at radius 3 is 2.57 bits per heavy atom. The molecule has 1 aromatic heterocycles. The van der Waals surface area contributed by atoms with Crippen molar-refractivity contribution in [2.45, 2.75) is 18.7 Å². The van der Waals surface area contributed by atoms with E-state index in [1.54, 1.807) is 13.8 Å². The quantitative estimate of drug-likeness (QED) is 0.887. The number of carboxylic acid groups (broad SMARTS) is 1. The number of aryl methyl sites for hydroxylation is 1. The molecule has 7 nitrogen and oxygen atoms in total. The molecule has 0 unspecified atom stereocenters. The van der Waals surface area contributed by atoms with Crippen molar-refractivity contribution in [1.82, 2.24) is 10.2 Å². The van der Waals surface area contributed by atoms with Crippen molar-refractivity contribution in [1.29, 1.82) is 0 Å². The Kier molecular flexibility index (Phi) is 3.90. The van der Waals surface area contributed by atoms with Crippen molar-refractivity contribution in [3.05, 3.63) is 47.2 Å². The Morgan fingerprint density at radius 1 is 1.29 bits per heavy atom. The highest BCUT2D eigenvalue weighted by Gasteiger charge is 2.21. The minimum absolute atomic E-state index is 0.0651. The molecule has 1 heterocycles. The zero-order valence-electron chi connectivity index (χ0n) is 11.4. The van der Waals surface area contributed by atoms with E-state index < -0.39 is 16.0 Å². The van der Waals surface area contributed by atoms with Crippen LogP contribution in [0, 0.1) is 13.8 Å². The van der Waals surface area contributed by atoms with Gasteiger partial charge in [0, 0.05) is 6.20 Å². The van der Waals surface area contributed by atoms with Gasteiger partial charge in [0.25, 0.3) is 10.0 Å². The van der Waals surface area contributed by atoms with E-state index in [2.05, 4.69) is 14.9 Å². The van der Waals surface area contributed by atoms with E-state index in [9.17, 15) is 13.2 Å². The topological polar surface area (TPSA) is 109 Å². The third-order valence-corrected chi connectivity index (χ3v) is 4.45. The van der Waals surface area contributed by atoms with E-state index in [4.69, 9.17) is 5.11 Å². The maximum absolute atomic E-state index is 12.4. The van der Waals surface area contributed by atoms with E-state index in [0.717, 1.165) is 6.07 Å². The molecular formula is C13H13N3O4S. The molecule has 0 spiro atoms. The van der Waals surface area contributed by atoms with Gasteiger partial charge in [0.15, 0.2) is 5.82 Å². The standard InChI is InChI=1S/C13H13N3O4S/c1-8-6-10(13(17)18)7-11(9(8)2)21(19,20)16-12-4-3-5-14-15-12/h3-7H,1-2H3,(H,15,16)(H,17,18). The fraction of sp³-hybridized carbons (Fsp3) is 0.154. The van der Waals surface area contributed by atoms with Crippen LogP contribution in [0.5, 0.6) is 0 Å². The van der Waals surface area contributed by atoms with Gasteiger partial charge < -0.3 is 5.11 Å². The number of aromatic nitrogens is 2. The highest BCUT2D eigenvalue weighted by Crippen LogP contribution is 2.23. The molecular weight excluding hydrogens is 294 g/mol. The van der Waals surface area contributed by atoms with Crippen molar-refractivity contribution in [2.24, 2.45) is 0 Å². The Morgan fingerprint density at radius 2 is 2.00 bits per heavy atom. The molecule has 0 fully saturated rings. The van der Waals surface area contributed by atoms with Crippen LogP contribution in [0.25, 0.3) is 0 Å². The van der Waals surface area contributed by atoms with Gasteiger partial charge in [-0.05, 0) is 49.2 Å². The number of benzene rings is 1. The molecule has 0 saturated heterocycles. The predicted molar refractivity (Wildman–Crippen MR) is 75.7 cm³/mol. The predicted octanol–water partition coefficient (Wildman–Crippen LogP) is 1.59. The zero-order valence-corrected chi connectivity index (χ0v) is 12.2. The molecule has 0 atom stereocenters. The van der Waals surface area contributed by atoms with Crippen molar-refractivity contribution >= 4 is 21.8 Å². The van der Waals surface area contributed by atoms with Crippen LogP contribution in [0.4, 0.5) is 5.82 Å². The normalized spacial score (nSPS) is 11.1. The second kappa shape index (κ2) is 5.49. The van der Waals surface area contributed by atoms with Gasteiger partial charge in [-0.1, -0.05) is 0 Å². The van der Waals surface area contributed by atoms with E-state index >= 15 is 0 Å². The van der Waals surface area contributed by atoms with E-state index in [1.807, 2.05) is 0 Å². The lowest BCUT2D eigenvalue weighted by Crippen LogP contribution is -2.17. The summed E-state index contributed by atoms with van der Waals surface area (Å²) in [6.45, 7) is 3.27. The summed E-state index contributed by atoms with van der Waals surface area (Å²) in [5.74, 6) is -1.12. The van der Waals surface area contributed by atoms with Crippen LogP contribution in [0.1, 0.15) is 21.5 Å². The maximum Gasteiger partial charge on any atom is 0.335 e. The molecule has 110 valence electrons. The molecule has 2 rings (SSSR count). The number of aromatic carboxylic acids is 1. The van der Waals surface area contributed by atoms with Gasteiger partial charge >= 0.3 is 5.97 Å². The van der Waals surface area contributed by atoms with Crippen LogP contribution in [0.15, 0.2) is 35.4 Å². The van der Waals surface area contributed by atoms with Crippen LogP contribution in [-0.4, -0.2) is 29.7 Å². The maximum atomic E-state index is 12.4. The first-order valence-corrected chi connectivity index (χ1v) is 7.44. The van der Waals surface area contributed by atoms with Gasteiger partial charge in [0.1, 0.15) is 0 Å². The molecule has 0 amide bonds. The molecule has 0 bridgehead atoms. The number of anilines is 1. The van der Waals surface area contributed by atoms with Crippen LogP contribution >= 0.6 is 0 Å². The summed E-state index contributed by atoms with van der Waals surface area (Å²) < 4.78 is 27.0. The van der Waals surface area contributed by atoms with E-state index in [-0.39, 0.29) is 16.3 Å². The third-order valence-electron chi connectivity index (χ3n) is 2.97. The fourth-order valence-corrected chi connectivity index (χ4v) is 3.12. The lowest BCUT2D eigenvalue weighted by atomic mass is 10.1. The smallest absolute Gasteiger partial charge is 0.335 e. The molecule has 0 saturated carbocycles.